The van der Waals surface area contributed by atoms with E-state index < -0.39 is 0 Å². The molecular weight excluding hydrogens is 290 g/mol. The van der Waals surface area contributed by atoms with Gasteiger partial charge in [-0.1, -0.05) is 26.2 Å². The van der Waals surface area contributed by atoms with Gasteiger partial charge in [0.25, 0.3) is 0 Å². The molecule has 0 bridgehead atoms. The first-order valence-corrected chi connectivity index (χ1v) is 7.66. The van der Waals surface area contributed by atoms with E-state index in [9.17, 15) is 0 Å². The number of aromatic nitrogens is 2. The maximum Gasteiger partial charge on any atom is 0.144 e. The van der Waals surface area contributed by atoms with E-state index >= 15 is 0 Å². The fourth-order valence-electron chi connectivity index (χ4n) is 2.83. The van der Waals surface area contributed by atoms with Gasteiger partial charge in [0.2, 0.25) is 0 Å². The minimum absolute atomic E-state index is 0.544. The normalized spacial score (nSPS) is 24.0. The van der Waals surface area contributed by atoms with Crippen molar-refractivity contribution in [2.75, 3.05) is 12.4 Å². The van der Waals surface area contributed by atoms with Crippen molar-refractivity contribution in [3.05, 3.63) is 16.0 Å². The van der Waals surface area contributed by atoms with E-state index in [1.165, 1.54) is 32.1 Å². The molecule has 1 aromatic heterocycles. The summed E-state index contributed by atoms with van der Waals surface area (Å²) >= 11 is 3.54. The van der Waals surface area contributed by atoms with Crippen molar-refractivity contribution in [2.24, 2.45) is 5.92 Å². The monoisotopic (exact) mass is 311 g/mol. The molecule has 1 aliphatic rings. The first kappa shape index (κ1) is 13.8. The third-order valence-electron chi connectivity index (χ3n) is 4.00. The van der Waals surface area contributed by atoms with Gasteiger partial charge in [-0.2, -0.15) is 0 Å². The first-order valence-electron chi connectivity index (χ1n) is 6.87. The lowest BCUT2D eigenvalue weighted by Crippen LogP contribution is -2.17. The summed E-state index contributed by atoms with van der Waals surface area (Å²) in [4.78, 5) is 9.35. The number of anilines is 1. The summed E-state index contributed by atoms with van der Waals surface area (Å²) in [6.07, 6.45) is 6.46. The van der Waals surface area contributed by atoms with Gasteiger partial charge < -0.3 is 5.32 Å². The van der Waals surface area contributed by atoms with E-state index in [4.69, 9.17) is 0 Å². The Morgan fingerprint density at radius 2 is 2.11 bits per heavy atom. The van der Waals surface area contributed by atoms with Crippen LogP contribution in [0.25, 0.3) is 0 Å². The molecule has 2 unspecified atom stereocenters. The highest BCUT2D eigenvalue weighted by Crippen LogP contribution is 2.37. The molecule has 1 aromatic rings. The Morgan fingerprint density at radius 3 is 2.78 bits per heavy atom. The summed E-state index contributed by atoms with van der Waals surface area (Å²) in [6, 6.07) is 0. The summed E-state index contributed by atoms with van der Waals surface area (Å²) in [5.41, 5.74) is 1.03. The zero-order valence-corrected chi connectivity index (χ0v) is 13.0. The molecule has 0 aliphatic heterocycles. The molecule has 2 atom stereocenters. The van der Waals surface area contributed by atoms with Crippen LogP contribution in [0.5, 0.6) is 0 Å². The number of aryl methyl sites for hydroxylation is 1. The summed E-state index contributed by atoms with van der Waals surface area (Å²) in [6.45, 7) is 4.33. The van der Waals surface area contributed by atoms with Crippen LogP contribution in [0.15, 0.2) is 4.47 Å². The molecule has 1 fully saturated rings. The van der Waals surface area contributed by atoms with Gasteiger partial charge in [-0.25, -0.2) is 9.97 Å². The predicted octanol–water partition coefficient (Wildman–Crippen LogP) is 4.27. The summed E-state index contributed by atoms with van der Waals surface area (Å²) in [7, 11) is 1.91. The Kier molecular flexibility index (Phi) is 4.60. The third kappa shape index (κ3) is 2.85. The number of hydrogen-bond acceptors (Lipinski definition) is 3. The lowest BCUT2D eigenvalue weighted by atomic mass is 9.80. The van der Waals surface area contributed by atoms with Crippen molar-refractivity contribution in [1.82, 2.24) is 9.97 Å². The molecule has 0 aromatic carbocycles. The van der Waals surface area contributed by atoms with Crippen LogP contribution in [0.3, 0.4) is 0 Å². The van der Waals surface area contributed by atoms with Gasteiger partial charge in [0.15, 0.2) is 0 Å². The lowest BCUT2D eigenvalue weighted by molar-refractivity contribution is 0.307. The second-order valence-electron chi connectivity index (χ2n) is 5.22. The van der Waals surface area contributed by atoms with E-state index in [2.05, 4.69) is 38.1 Å². The summed E-state index contributed by atoms with van der Waals surface area (Å²) in [5.74, 6) is 3.34. The quantitative estimate of drug-likeness (QED) is 0.905. The largest absolute Gasteiger partial charge is 0.372 e. The molecule has 1 N–H and O–H groups in total. The topological polar surface area (TPSA) is 37.8 Å². The molecule has 0 amide bonds. The van der Waals surface area contributed by atoms with Crippen molar-refractivity contribution >= 4 is 21.7 Å². The minimum Gasteiger partial charge on any atom is -0.372 e. The maximum atomic E-state index is 4.68. The van der Waals surface area contributed by atoms with Crippen LogP contribution >= 0.6 is 15.9 Å². The molecule has 4 heteroatoms. The Morgan fingerprint density at radius 1 is 1.33 bits per heavy atom. The fourth-order valence-corrected chi connectivity index (χ4v) is 3.20. The first-order chi connectivity index (χ1) is 8.65. The average molecular weight is 312 g/mol. The molecular formula is C14H22BrN3. The second-order valence-corrected chi connectivity index (χ2v) is 6.01. The fraction of sp³-hybridized carbons (Fsp3) is 0.714. The second kappa shape index (κ2) is 6.00. The molecule has 3 nitrogen and oxygen atoms in total. The number of nitrogens with one attached hydrogen (secondary N) is 1. The van der Waals surface area contributed by atoms with Gasteiger partial charge in [-0.05, 0) is 41.6 Å². The highest BCUT2D eigenvalue weighted by Gasteiger charge is 2.25. The van der Waals surface area contributed by atoms with Crippen molar-refractivity contribution in [1.29, 1.82) is 0 Å². The highest BCUT2D eigenvalue weighted by molar-refractivity contribution is 9.10. The Hall–Kier alpha value is -0.640. The van der Waals surface area contributed by atoms with Crippen LogP contribution in [0.2, 0.25) is 0 Å². The zero-order valence-electron chi connectivity index (χ0n) is 11.5. The molecule has 1 aliphatic carbocycles. The lowest BCUT2D eigenvalue weighted by Gasteiger charge is -2.27. The molecule has 100 valence electrons. The van der Waals surface area contributed by atoms with Gasteiger partial charge >= 0.3 is 0 Å². The SMILES string of the molecule is CCC1CCCC(c2nc(C)c(Br)c(NC)n2)C1. The van der Waals surface area contributed by atoms with Crippen LogP contribution < -0.4 is 5.32 Å². The molecule has 0 radical (unpaired) electrons. The van der Waals surface area contributed by atoms with Crippen molar-refractivity contribution in [3.8, 4) is 0 Å². The molecule has 0 saturated heterocycles. The van der Waals surface area contributed by atoms with E-state index in [1.54, 1.807) is 0 Å². The number of nitrogens with zero attached hydrogens (tertiary/aromatic N) is 2. The van der Waals surface area contributed by atoms with Crippen molar-refractivity contribution in [2.45, 2.75) is 51.9 Å². The Bertz CT molecular complexity index is 420. The zero-order chi connectivity index (χ0) is 13.1. The third-order valence-corrected chi connectivity index (χ3v) is 4.95. The Balaban J connectivity index is 2.24. The average Bonchev–Trinajstić information content (AvgIpc) is 2.41. The van der Waals surface area contributed by atoms with E-state index in [0.29, 0.717) is 5.92 Å². The highest BCUT2D eigenvalue weighted by atomic mass is 79.9. The predicted molar refractivity (Wildman–Crippen MR) is 79.0 cm³/mol. The minimum atomic E-state index is 0.544. The van der Waals surface area contributed by atoms with Gasteiger partial charge in [0.05, 0.1) is 10.2 Å². The molecule has 1 saturated carbocycles. The van der Waals surface area contributed by atoms with Crippen molar-refractivity contribution < 1.29 is 0 Å². The number of hydrogen-bond donors (Lipinski definition) is 1. The number of rotatable bonds is 3. The molecule has 18 heavy (non-hydrogen) atoms. The van der Waals surface area contributed by atoms with Crippen LogP contribution in [0, 0.1) is 12.8 Å². The number of halogens is 1. The van der Waals surface area contributed by atoms with Gasteiger partial charge in [-0.15, -0.1) is 0 Å². The van der Waals surface area contributed by atoms with Crippen LogP contribution in [0.1, 0.15) is 56.5 Å². The van der Waals surface area contributed by atoms with Gasteiger partial charge in [-0.3, -0.25) is 0 Å². The summed E-state index contributed by atoms with van der Waals surface area (Å²) < 4.78 is 0.983. The van der Waals surface area contributed by atoms with E-state index in [1.807, 2.05) is 14.0 Å². The maximum absolute atomic E-state index is 4.68. The molecule has 0 spiro atoms. The van der Waals surface area contributed by atoms with Gasteiger partial charge in [0, 0.05) is 13.0 Å². The van der Waals surface area contributed by atoms with E-state index in [-0.39, 0.29) is 0 Å². The van der Waals surface area contributed by atoms with Crippen LogP contribution in [0.4, 0.5) is 5.82 Å². The van der Waals surface area contributed by atoms with Gasteiger partial charge in [0.1, 0.15) is 11.6 Å². The van der Waals surface area contributed by atoms with Crippen LogP contribution in [-0.4, -0.2) is 17.0 Å². The molecule has 1 heterocycles. The van der Waals surface area contributed by atoms with Crippen LogP contribution in [-0.2, 0) is 0 Å². The van der Waals surface area contributed by atoms with E-state index in [0.717, 1.165) is 27.7 Å². The Labute approximate surface area is 118 Å². The smallest absolute Gasteiger partial charge is 0.144 e. The summed E-state index contributed by atoms with van der Waals surface area (Å²) in [5, 5.41) is 3.14. The van der Waals surface area contributed by atoms with Crippen molar-refractivity contribution in [3.63, 3.8) is 0 Å². The standard InChI is InChI=1S/C14H22BrN3/c1-4-10-6-5-7-11(8-10)13-17-9(2)12(15)14(16-3)18-13/h10-11H,4-8H2,1-3H3,(H,16,17,18). The molecule has 2 rings (SSSR count).